The maximum Gasteiger partial charge on any atom is 0.469 e. The van der Waals surface area contributed by atoms with E-state index in [1.807, 2.05) is 0 Å². The van der Waals surface area contributed by atoms with Crippen LogP contribution in [-0.4, -0.2) is 41.0 Å². The number of unbranched alkanes of at least 4 members (excludes halogenated alkanes) is 18. The number of phosphoric ester groups is 1. The summed E-state index contributed by atoms with van der Waals surface area (Å²) in [5.74, 6) is -0.895. The lowest BCUT2D eigenvalue weighted by Crippen LogP contribution is -2.29. The fraction of sp³-hybridized carbons (Fsp3) is 0.875. The van der Waals surface area contributed by atoms with Gasteiger partial charge in [-0.25, -0.2) is 4.57 Å². The summed E-state index contributed by atoms with van der Waals surface area (Å²) in [6.45, 7) is 3.62. The van der Waals surface area contributed by atoms with Gasteiger partial charge in [0.15, 0.2) is 6.10 Å². The Hall–Kier alpha value is -1.21. The molecule has 0 amide bonds. The molecule has 2 N–H and O–H groups in total. The lowest BCUT2D eigenvalue weighted by molar-refractivity contribution is -0.161. The molecular formula is C32H61O8P. The van der Waals surface area contributed by atoms with Gasteiger partial charge in [0, 0.05) is 12.8 Å². The third kappa shape index (κ3) is 31.6. The summed E-state index contributed by atoms with van der Waals surface area (Å²) in [5, 5.41) is 0. The molecule has 242 valence electrons. The Morgan fingerprint density at radius 3 is 1.49 bits per heavy atom. The monoisotopic (exact) mass is 604 g/mol. The quantitative estimate of drug-likeness (QED) is 0.0360. The van der Waals surface area contributed by atoms with Crippen molar-refractivity contribution in [2.45, 2.75) is 168 Å². The molecule has 0 bridgehead atoms. The number of phosphoric acid groups is 1. The number of esters is 2. The number of allylic oxidation sites excluding steroid dienone is 2. The molecule has 0 spiro atoms. The normalized spacial score (nSPS) is 12.6. The van der Waals surface area contributed by atoms with Gasteiger partial charge in [0.2, 0.25) is 0 Å². The van der Waals surface area contributed by atoms with Crippen LogP contribution in [0.4, 0.5) is 0 Å². The van der Waals surface area contributed by atoms with Crippen LogP contribution in [0.3, 0.4) is 0 Å². The van der Waals surface area contributed by atoms with Crippen LogP contribution in [0.2, 0.25) is 0 Å². The SMILES string of the molecule is CCCCCCC/C=C/CCCCCCCC(=O)OC[C@H](COP(=O)(O)O)OC(=O)CCCCCCCCCCC. The number of carbonyl (C=O) groups excluding carboxylic acids is 2. The summed E-state index contributed by atoms with van der Waals surface area (Å²) in [6, 6.07) is 0. The van der Waals surface area contributed by atoms with Gasteiger partial charge in [0.05, 0.1) is 6.61 Å². The van der Waals surface area contributed by atoms with Crippen molar-refractivity contribution in [2.75, 3.05) is 13.2 Å². The van der Waals surface area contributed by atoms with Crippen LogP contribution >= 0.6 is 7.82 Å². The summed E-state index contributed by atoms with van der Waals surface area (Å²) >= 11 is 0. The first-order chi connectivity index (χ1) is 19.8. The fourth-order valence-corrected chi connectivity index (χ4v) is 4.90. The summed E-state index contributed by atoms with van der Waals surface area (Å²) in [4.78, 5) is 42.4. The molecule has 0 saturated heterocycles. The van der Waals surface area contributed by atoms with Crippen LogP contribution in [0.25, 0.3) is 0 Å². The van der Waals surface area contributed by atoms with Crippen molar-refractivity contribution in [3.8, 4) is 0 Å². The zero-order valence-corrected chi connectivity index (χ0v) is 27.1. The fourth-order valence-electron chi connectivity index (χ4n) is 4.54. The van der Waals surface area contributed by atoms with Crippen molar-refractivity contribution in [1.29, 1.82) is 0 Å². The van der Waals surface area contributed by atoms with Crippen molar-refractivity contribution < 1.29 is 37.9 Å². The molecule has 0 radical (unpaired) electrons. The van der Waals surface area contributed by atoms with E-state index in [0.29, 0.717) is 12.8 Å². The van der Waals surface area contributed by atoms with Crippen LogP contribution in [0, 0.1) is 0 Å². The summed E-state index contributed by atoms with van der Waals surface area (Å²) in [7, 11) is -4.74. The Morgan fingerprint density at radius 1 is 0.610 bits per heavy atom. The molecule has 1 atom stereocenters. The highest BCUT2D eigenvalue weighted by Crippen LogP contribution is 2.35. The molecule has 8 nitrogen and oxygen atoms in total. The molecule has 0 fully saturated rings. The number of ether oxygens (including phenoxy) is 2. The maximum atomic E-state index is 12.2. The predicted molar refractivity (Wildman–Crippen MR) is 166 cm³/mol. The van der Waals surface area contributed by atoms with Crippen molar-refractivity contribution in [2.24, 2.45) is 0 Å². The largest absolute Gasteiger partial charge is 0.469 e. The highest BCUT2D eigenvalue weighted by molar-refractivity contribution is 7.46. The van der Waals surface area contributed by atoms with Gasteiger partial charge in [0.25, 0.3) is 0 Å². The first-order valence-corrected chi connectivity index (χ1v) is 18.0. The highest BCUT2D eigenvalue weighted by atomic mass is 31.2. The van der Waals surface area contributed by atoms with Gasteiger partial charge in [-0.3, -0.25) is 14.1 Å². The molecule has 0 aromatic carbocycles. The Morgan fingerprint density at radius 2 is 1.02 bits per heavy atom. The second kappa shape index (κ2) is 28.9. The van der Waals surface area contributed by atoms with Crippen molar-refractivity contribution in [3.05, 3.63) is 12.2 Å². The van der Waals surface area contributed by atoms with E-state index >= 15 is 0 Å². The van der Waals surface area contributed by atoms with E-state index in [2.05, 4.69) is 30.5 Å². The molecule has 0 aromatic heterocycles. The van der Waals surface area contributed by atoms with Gasteiger partial charge in [-0.15, -0.1) is 0 Å². The van der Waals surface area contributed by atoms with Gasteiger partial charge in [-0.1, -0.05) is 122 Å². The molecule has 9 heteroatoms. The third-order valence-electron chi connectivity index (χ3n) is 7.03. The molecule has 0 unspecified atom stereocenters. The van der Waals surface area contributed by atoms with Gasteiger partial charge < -0.3 is 19.3 Å². The molecule has 0 aliphatic heterocycles. The van der Waals surface area contributed by atoms with Crippen molar-refractivity contribution >= 4 is 19.8 Å². The average molecular weight is 605 g/mol. The van der Waals surface area contributed by atoms with Crippen LogP contribution < -0.4 is 0 Å². The minimum Gasteiger partial charge on any atom is -0.462 e. The summed E-state index contributed by atoms with van der Waals surface area (Å²) in [6.07, 6.45) is 28.0. The Balaban J connectivity index is 4.00. The van der Waals surface area contributed by atoms with Gasteiger partial charge >= 0.3 is 19.8 Å². The number of hydrogen-bond acceptors (Lipinski definition) is 6. The van der Waals surface area contributed by atoms with Gasteiger partial charge in [-0.05, 0) is 38.5 Å². The lowest BCUT2D eigenvalue weighted by Gasteiger charge is -2.18. The molecule has 0 aliphatic rings. The number of hydrogen-bond donors (Lipinski definition) is 2. The molecule has 0 aromatic rings. The molecule has 0 heterocycles. The third-order valence-corrected chi connectivity index (χ3v) is 7.52. The van der Waals surface area contributed by atoms with Crippen LogP contribution in [0.1, 0.15) is 162 Å². The highest BCUT2D eigenvalue weighted by Gasteiger charge is 2.22. The van der Waals surface area contributed by atoms with Gasteiger partial charge in [0.1, 0.15) is 6.61 Å². The van der Waals surface area contributed by atoms with Crippen molar-refractivity contribution in [3.63, 3.8) is 0 Å². The Bertz CT molecular complexity index is 691. The molecule has 0 rings (SSSR count). The number of carbonyl (C=O) groups is 2. The second-order valence-corrected chi connectivity index (χ2v) is 12.4. The first kappa shape index (κ1) is 39.8. The minimum absolute atomic E-state index is 0.213. The number of rotatable bonds is 30. The van der Waals surface area contributed by atoms with E-state index in [9.17, 15) is 14.2 Å². The molecule has 0 saturated carbocycles. The smallest absolute Gasteiger partial charge is 0.462 e. The van der Waals surface area contributed by atoms with Crippen molar-refractivity contribution in [1.82, 2.24) is 0 Å². The minimum atomic E-state index is -4.74. The van der Waals surface area contributed by atoms with E-state index in [-0.39, 0.29) is 19.4 Å². The summed E-state index contributed by atoms with van der Waals surface area (Å²) < 4.78 is 26.1. The maximum absolute atomic E-state index is 12.2. The topological polar surface area (TPSA) is 119 Å². The van der Waals surface area contributed by atoms with E-state index in [0.717, 1.165) is 51.4 Å². The van der Waals surface area contributed by atoms with E-state index < -0.39 is 32.5 Å². The standard InChI is InChI=1S/C32H61O8P/c1-3-5-7-9-11-13-14-15-16-17-19-20-22-24-26-31(33)38-28-30(29-39-41(35,36)37)40-32(34)27-25-23-21-18-12-10-8-6-4-2/h14-15,30H,3-13,16-29H2,1-2H3,(H2,35,36,37)/b15-14+/t30-/m1/s1. The average Bonchev–Trinajstić information content (AvgIpc) is 2.93. The zero-order chi connectivity index (χ0) is 30.4. The summed E-state index contributed by atoms with van der Waals surface area (Å²) in [5.41, 5.74) is 0. The predicted octanol–water partition coefficient (Wildman–Crippen LogP) is 9.12. The Labute approximate surface area is 250 Å². The van der Waals surface area contributed by atoms with Gasteiger partial charge in [-0.2, -0.15) is 0 Å². The van der Waals surface area contributed by atoms with Crippen LogP contribution in [0.5, 0.6) is 0 Å². The van der Waals surface area contributed by atoms with E-state index in [1.54, 1.807) is 0 Å². The molecular weight excluding hydrogens is 543 g/mol. The Kier molecular flexibility index (Phi) is 28.0. The zero-order valence-electron chi connectivity index (χ0n) is 26.2. The van der Waals surface area contributed by atoms with E-state index in [1.165, 1.54) is 70.6 Å². The van der Waals surface area contributed by atoms with Crippen LogP contribution in [-0.2, 0) is 28.2 Å². The van der Waals surface area contributed by atoms with Crippen LogP contribution in [0.15, 0.2) is 12.2 Å². The van der Waals surface area contributed by atoms with E-state index in [4.69, 9.17) is 19.3 Å². The molecule has 41 heavy (non-hydrogen) atoms. The lowest BCUT2D eigenvalue weighted by atomic mass is 10.1. The first-order valence-electron chi connectivity index (χ1n) is 16.5. The second-order valence-electron chi connectivity index (χ2n) is 11.1. The molecule has 0 aliphatic carbocycles.